The third kappa shape index (κ3) is 4.46. The van der Waals surface area contributed by atoms with Gasteiger partial charge in [0.25, 0.3) is 0 Å². The highest BCUT2D eigenvalue weighted by Gasteiger charge is 2.05. The molecule has 1 rings (SSSR count). The first-order valence-corrected chi connectivity index (χ1v) is 6.01. The molecule has 92 valence electrons. The molecule has 0 saturated heterocycles. The van der Waals surface area contributed by atoms with Crippen LogP contribution in [0, 0.1) is 24.2 Å². The smallest absolute Gasteiger partial charge is 0.123 e. The summed E-state index contributed by atoms with van der Waals surface area (Å²) in [7, 11) is 0. The predicted octanol–water partition coefficient (Wildman–Crippen LogP) is 2.49. The fraction of sp³-hybridized carbons (Fsp3) is 0.500. The monoisotopic (exact) mass is 232 g/mol. The zero-order valence-corrected chi connectivity index (χ0v) is 10.8. The van der Waals surface area contributed by atoms with E-state index < -0.39 is 0 Å². The van der Waals surface area contributed by atoms with Crippen LogP contribution in [0.25, 0.3) is 0 Å². The maximum absolute atomic E-state index is 8.83. The molecule has 0 heterocycles. The molecule has 0 aromatic heterocycles. The van der Waals surface area contributed by atoms with Crippen molar-refractivity contribution in [2.45, 2.75) is 20.8 Å². The standard InChI is InChI=1S/C14H20N2O/c1-4-16-9-11(2)10-17-14-7-13(8-15)6-5-12(14)3/h5-7,11,16H,4,9-10H2,1-3H3. The van der Waals surface area contributed by atoms with Crippen LogP contribution in [0.1, 0.15) is 25.0 Å². The molecule has 0 aliphatic heterocycles. The lowest BCUT2D eigenvalue weighted by Gasteiger charge is -2.14. The molecule has 3 nitrogen and oxygen atoms in total. The van der Waals surface area contributed by atoms with Crippen molar-refractivity contribution in [3.8, 4) is 11.8 Å². The van der Waals surface area contributed by atoms with Gasteiger partial charge in [-0.3, -0.25) is 0 Å². The second-order valence-electron chi connectivity index (χ2n) is 4.32. The van der Waals surface area contributed by atoms with E-state index in [1.807, 2.05) is 19.1 Å². The molecule has 0 amide bonds. The zero-order chi connectivity index (χ0) is 12.7. The van der Waals surface area contributed by atoms with Crippen LogP contribution in [0.3, 0.4) is 0 Å². The van der Waals surface area contributed by atoms with E-state index in [2.05, 4.69) is 25.2 Å². The van der Waals surface area contributed by atoms with Crippen molar-refractivity contribution in [3.05, 3.63) is 29.3 Å². The Hall–Kier alpha value is -1.53. The van der Waals surface area contributed by atoms with E-state index >= 15 is 0 Å². The van der Waals surface area contributed by atoms with Gasteiger partial charge in [0.05, 0.1) is 18.2 Å². The van der Waals surface area contributed by atoms with Crippen LogP contribution in [0.5, 0.6) is 5.75 Å². The zero-order valence-electron chi connectivity index (χ0n) is 10.8. The molecule has 1 unspecified atom stereocenters. The lowest BCUT2D eigenvalue weighted by Crippen LogP contribution is -2.24. The van der Waals surface area contributed by atoms with Crippen molar-refractivity contribution in [1.82, 2.24) is 5.32 Å². The molecule has 0 spiro atoms. The molecule has 1 aromatic carbocycles. The molecule has 0 bridgehead atoms. The third-order valence-electron chi connectivity index (χ3n) is 2.58. The number of nitriles is 1. The van der Waals surface area contributed by atoms with Crippen LogP contribution in [0.4, 0.5) is 0 Å². The minimum Gasteiger partial charge on any atom is -0.493 e. The fourth-order valence-electron chi connectivity index (χ4n) is 1.51. The Morgan fingerprint density at radius 3 is 2.88 bits per heavy atom. The molecule has 1 N–H and O–H groups in total. The molecule has 0 aliphatic carbocycles. The summed E-state index contributed by atoms with van der Waals surface area (Å²) in [6, 6.07) is 7.65. The van der Waals surface area contributed by atoms with Crippen molar-refractivity contribution < 1.29 is 4.74 Å². The first kappa shape index (κ1) is 13.5. The Kier molecular flexibility index (Phi) is 5.51. The Morgan fingerprint density at radius 1 is 1.47 bits per heavy atom. The Labute approximate surface area is 103 Å². The number of nitrogens with one attached hydrogen (secondary N) is 1. The Morgan fingerprint density at radius 2 is 2.24 bits per heavy atom. The number of aryl methyl sites for hydroxylation is 1. The lowest BCUT2D eigenvalue weighted by atomic mass is 10.1. The second-order valence-corrected chi connectivity index (χ2v) is 4.32. The number of rotatable bonds is 6. The predicted molar refractivity (Wildman–Crippen MR) is 69.1 cm³/mol. The maximum atomic E-state index is 8.83. The summed E-state index contributed by atoms with van der Waals surface area (Å²) in [6.45, 7) is 8.83. The Balaban J connectivity index is 2.54. The third-order valence-corrected chi connectivity index (χ3v) is 2.58. The van der Waals surface area contributed by atoms with E-state index in [0.717, 1.165) is 24.4 Å². The van der Waals surface area contributed by atoms with E-state index in [4.69, 9.17) is 10.00 Å². The van der Waals surface area contributed by atoms with Crippen LogP contribution in [-0.4, -0.2) is 19.7 Å². The molecule has 1 aromatic rings. The second kappa shape index (κ2) is 6.93. The topological polar surface area (TPSA) is 45.0 Å². The molecule has 3 heteroatoms. The van der Waals surface area contributed by atoms with Crippen LogP contribution in [0.15, 0.2) is 18.2 Å². The highest BCUT2D eigenvalue weighted by molar-refractivity contribution is 5.41. The highest BCUT2D eigenvalue weighted by Crippen LogP contribution is 2.19. The first-order chi connectivity index (χ1) is 8.17. The van der Waals surface area contributed by atoms with Gasteiger partial charge in [-0.2, -0.15) is 5.26 Å². The van der Waals surface area contributed by atoms with Gasteiger partial charge >= 0.3 is 0 Å². The molecule has 0 aliphatic rings. The van der Waals surface area contributed by atoms with Gasteiger partial charge < -0.3 is 10.1 Å². The number of nitrogens with zero attached hydrogens (tertiary/aromatic N) is 1. The summed E-state index contributed by atoms with van der Waals surface area (Å²) < 4.78 is 5.75. The summed E-state index contributed by atoms with van der Waals surface area (Å²) in [6.07, 6.45) is 0. The molecular formula is C14H20N2O. The van der Waals surface area contributed by atoms with Gasteiger partial charge in [0, 0.05) is 12.5 Å². The average Bonchev–Trinajstić information content (AvgIpc) is 2.35. The minimum absolute atomic E-state index is 0.458. The quantitative estimate of drug-likeness (QED) is 0.819. The van der Waals surface area contributed by atoms with E-state index in [-0.39, 0.29) is 0 Å². The normalized spacial score (nSPS) is 11.9. The van der Waals surface area contributed by atoms with Gasteiger partial charge in [-0.15, -0.1) is 0 Å². The fourth-order valence-corrected chi connectivity index (χ4v) is 1.51. The van der Waals surface area contributed by atoms with Gasteiger partial charge in [0.2, 0.25) is 0 Å². The number of benzene rings is 1. The number of hydrogen-bond acceptors (Lipinski definition) is 3. The van der Waals surface area contributed by atoms with Crippen molar-refractivity contribution in [3.63, 3.8) is 0 Å². The van der Waals surface area contributed by atoms with Crippen molar-refractivity contribution >= 4 is 0 Å². The number of hydrogen-bond donors (Lipinski definition) is 1. The van der Waals surface area contributed by atoms with Crippen molar-refractivity contribution in [2.75, 3.05) is 19.7 Å². The van der Waals surface area contributed by atoms with Crippen molar-refractivity contribution in [2.24, 2.45) is 5.92 Å². The summed E-state index contributed by atoms with van der Waals surface area (Å²) >= 11 is 0. The molecule has 1 atom stereocenters. The minimum atomic E-state index is 0.458. The molecule has 17 heavy (non-hydrogen) atoms. The Bertz CT molecular complexity index is 396. The number of ether oxygens (including phenoxy) is 1. The van der Waals surface area contributed by atoms with Gasteiger partial charge in [-0.1, -0.05) is 19.9 Å². The van der Waals surface area contributed by atoms with E-state index in [0.29, 0.717) is 18.1 Å². The lowest BCUT2D eigenvalue weighted by molar-refractivity contribution is 0.255. The first-order valence-electron chi connectivity index (χ1n) is 6.01. The molecule has 0 fully saturated rings. The van der Waals surface area contributed by atoms with Gasteiger partial charge in [0.15, 0.2) is 0 Å². The van der Waals surface area contributed by atoms with Crippen molar-refractivity contribution in [1.29, 1.82) is 5.26 Å². The largest absolute Gasteiger partial charge is 0.493 e. The van der Waals surface area contributed by atoms with E-state index in [9.17, 15) is 0 Å². The maximum Gasteiger partial charge on any atom is 0.123 e. The SMILES string of the molecule is CCNCC(C)COc1cc(C#N)ccc1C. The summed E-state index contributed by atoms with van der Waals surface area (Å²) in [4.78, 5) is 0. The van der Waals surface area contributed by atoms with E-state index in [1.165, 1.54) is 0 Å². The average molecular weight is 232 g/mol. The van der Waals surface area contributed by atoms with Gasteiger partial charge in [-0.05, 0) is 31.2 Å². The molecule has 0 saturated carbocycles. The summed E-state index contributed by atoms with van der Waals surface area (Å²) in [5.74, 6) is 1.27. The van der Waals surface area contributed by atoms with Crippen LogP contribution < -0.4 is 10.1 Å². The van der Waals surface area contributed by atoms with Crippen LogP contribution in [-0.2, 0) is 0 Å². The van der Waals surface area contributed by atoms with Crippen LogP contribution >= 0.6 is 0 Å². The van der Waals surface area contributed by atoms with Crippen LogP contribution in [0.2, 0.25) is 0 Å². The van der Waals surface area contributed by atoms with Gasteiger partial charge in [-0.25, -0.2) is 0 Å². The summed E-state index contributed by atoms with van der Waals surface area (Å²) in [5.41, 5.74) is 1.71. The highest BCUT2D eigenvalue weighted by atomic mass is 16.5. The van der Waals surface area contributed by atoms with Gasteiger partial charge in [0.1, 0.15) is 5.75 Å². The summed E-state index contributed by atoms with van der Waals surface area (Å²) in [5, 5.41) is 12.1. The van der Waals surface area contributed by atoms with E-state index in [1.54, 1.807) is 6.07 Å². The molecule has 0 radical (unpaired) electrons. The molecular weight excluding hydrogens is 212 g/mol.